The van der Waals surface area contributed by atoms with Gasteiger partial charge in [0.1, 0.15) is 5.82 Å². The number of anilines is 1. The number of halogens is 3. The summed E-state index contributed by atoms with van der Waals surface area (Å²) in [5.41, 5.74) is -0.339. The molecule has 0 aliphatic carbocycles. The number of hydrogen-bond donors (Lipinski definition) is 2. The van der Waals surface area contributed by atoms with Crippen molar-refractivity contribution >= 4 is 11.6 Å². The van der Waals surface area contributed by atoms with Gasteiger partial charge in [0, 0.05) is 12.1 Å². The lowest BCUT2D eigenvalue weighted by atomic mass is 9.90. The fourth-order valence-corrected chi connectivity index (χ4v) is 2.40. The van der Waals surface area contributed by atoms with Crippen molar-refractivity contribution in [3.8, 4) is 0 Å². The van der Waals surface area contributed by atoms with Gasteiger partial charge in [0.25, 0.3) is 0 Å². The lowest BCUT2D eigenvalue weighted by molar-refractivity contribution is -0.119. The van der Waals surface area contributed by atoms with Crippen LogP contribution in [0.5, 0.6) is 0 Å². The maximum Gasteiger partial charge on any atom is 0.241 e. The van der Waals surface area contributed by atoms with Gasteiger partial charge >= 0.3 is 0 Å². The Morgan fingerprint density at radius 1 is 1.30 bits per heavy atom. The van der Waals surface area contributed by atoms with Crippen LogP contribution in [0, 0.1) is 23.4 Å². The fourth-order valence-electron chi connectivity index (χ4n) is 2.40. The molecule has 1 heterocycles. The van der Waals surface area contributed by atoms with Crippen molar-refractivity contribution in [1.29, 1.82) is 0 Å². The molecule has 3 nitrogen and oxygen atoms in total. The van der Waals surface area contributed by atoms with E-state index < -0.39 is 29.4 Å². The first-order valence-electron chi connectivity index (χ1n) is 6.70. The summed E-state index contributed by atoms with van der Waals surface area (Å²) in [7, 11) is 0. The highest BCUT2D eigenvalue weighted by Crippen LogP contribution is 2.22. The molecule has 1 aromatic rings. The van der Waals surface area contributed by atoms with Crippen LogP contribution in [0.2, 0.25) is 0 Å². The van der Waals surface area contributed by atoms with Crippen LogP contribution in [0.15, 0.2) is 12.1 Å². The summed E-state index contributed by atoms with van der Waals surface area (Å²) in [6.07, 6.45) is 2.64. The summed E-state index contributed by atoms with van der Waals surface area (Å²) >= 11 is 0. The van der Waals surface area contributed by atoms with E-state index in [2.05, 4.69) is 17.6 Å². The minimum atomic E-state index is -1.28. The summed E-state index contributed by atoms with van der Waals surface area (Å²) in [4.78, 5) is 12.0. The Hall–Kier alpha value is -1.56. The third-order valence-electron chi connectivity index (χ3n) is 3.67. The molecule has 0 aromatic heterocycles. The maximum absolute atomic E-state index is 13.5. The maximum atomic E-state index is 13.5. The van der Waals surface area contributed by atoms with Crippen molar-refractivity contribution in [3.63, 3.8) is 0 Å². The average molecular weight is 286 g/mol. The first-order chi connectivity index (χ1) is 9.51. The first kappa shape index (κ1) is 14.8. The Balaban J connectivity index is 2.06. The van der Waals surface area contributed by atoms with Crippen LogP contribution in [-0.2, 0) is 4.79 Å². The molecule has 6 heteroatoms. The Morgan fingerprint density at radius 2 is 2.00 bits per heavy atom. The second-order valence-corrected chi connectivity index (χ2v) is 5.04. The lowest BCUT2D eigenvalue weighted by Crippen LogP contribution is -2.46. The van der Waals surface area contributed by atoms with Crippen molar-refractivity contribution in [2.75, 3.05) is 11.9 Å². The number of carbonyl (C=O) groups excluding carboxylic acids is 1. The number of nitrogens with one attached hydrogen (secondary N) is 2. The number of piperidine rings is 1. The molecule has 1 fully saturated rings. The van der Waals surface area contributed by atoms with Gasteiger partial charge in [-0.15, -0.1) is 0 Å². The fraction of sp³-hybridized carbons (Fsp3) is 0.500. The Kier molecular flexibility index (Phi) is 4.65. The summed E-state index contributed by atoms with van der Waals surface area (Å²) in [5, 5.41) is 5.36. The van der Waals surface area contributed by atoms with E-state index in [1.807, 2.05) is 0 Å². The second kappa shape index (κ2) is 6.26. The zero-order valence-corrected chi connectivity index (χ0v) is 11.2. The summed E-state index contributed by atoms with van der Waals surface area (Å²) in [5.74, 6) is -3.43. The van der Waals surface area contributed by atoms with Crippen molar-refractivity contribution < 1.29 is 18.0 Å². The Bertz CT molecular complexity index is 507. The molecular formula is C14H17F3N2O. The van der Waals surface area contributed by atoms with Gasteiger partial charge in [0.15, 0.2) is 11.6 Å². The quantitative estimate of drug-likeness (QED) is 0.839. The minimum Gasteiger partial charge on any atom is -0.322 e. The van der Waals surface area contributed by atoms with Crippen molar-refractivity contribution in [3.05, 3.63) is 29.6 Å². The molecule has 2 unspecified atom stereocenters. The van der Waals surface area contributed by atoms with E-state index in [9.17, 15) is 18.0 Å². The van der Waals surface area contributed by atoms with Crippen molar-refractivity contribution in [2.24, 2.45) is 5.92 Å². The van der Waals surface area contributed by atoms with E-state index in [1.165, 1.54) is 0 Å². The molecule has 0 spiro atoms. The van der Waals surface area contributed by atoms with Gasteiger partial charge in [-0.25, -0.2) is 13.2 Å². The highest BCUT2D eigenvalue weighted by Gasteiger charge is 2.26. The second-order valence-electron chi connectivity index (χ2n) is 5.04. The number of amides is 1. The van der Waals surface area contributed by atoms with Crippen LogP contribution in [-0.4, -0.2) is 18.5 Å². The highest BCUT2D eigenvalue weighted by atomic mass is 19.2. The third-order valence-corrected chi connectivity index (χ3v) is 3.67. The van der Waals surface area contributed by atoms with Crippen LogP contribution < -0.4 is 10.6 Å². The molecule has 1 amide bonds. The molecule has 0 radical (unpaired) electrons. The Labute approximate surface area is 115 Å². The summed E-state index contributed by atoms with van der Waals surface area (Å²) in [6, 6.07) is 0.651. The van der Waals surface area contributed by atoms with E-state index in [4.69, 9.17) is 0 Å². The van der Waals surface area contributed by atoms with Crippen LogP contribution in [0.4, 0.5) is 18.9 Å². The Morgan fingerprint density at radius 3 is 2.70 bits per heavy atom. The highest BCUT2D eigenvalue weighted by molar-refractivity contribution is 5.95. The zero-order valence-electron chi connectivity index (χ0n) is 11.2. The molecule has 2 N–H and O–H groups in total. The third kappa shape index (κ3) is 3.30. The largest absolute Gasteiger partial charge is 0.322 e. The van der Waals surface area contributed by atoms with Gasteiger partial charge in [0.05, 0.1) is 11.7 Å². The predicted octanol–water partition coefficient (Wildman–Crippen LogP) is 2.82. The van der Waals surface area contributed by atoms with Gasteiger partial charge in [0.2, 0.25) is 5.91 Å². The van der Waals surface area contributed by atoms with Gasteiger partial charge in [-0.05, 0) is 25.3 Å². The monoisotopic (exact) mass is 286 g/mol. The van der Waals surface area contributed by atoms with E-state index in [0.717, 1.165) is 19.4 Å². The van der Waals surface area contributed by atoms with Crippen molar-refractivity contribution in [2.45, 2.75) is 32.2 Å². The van der Waals surface area contributed by atoms with Crippen LogP contribution in [0.25, 0.3) is 0 Å². The van der Waals surface area contributed by atoms with Crippen molar-refractivity contribution in [1.82, 2.24) is 5.32 Å². The molecule has 1 aliphatic heterocycles. The SMILES string of the molecule is CCC1CCNC(C(=O)Nc2cc(F)c(F)cc2F)C1. The molecule has 1 aromatic carbocycles. The molecule has 2 rings (SSSR count). The molecule has 0 saturated carbocycles. The lowest BCUT2D eigenvalue weighted by Gasteiger charge is -2.28. The minimum absolute atomic E-state index is 0.339. The van der Waals surface area contributed by atoms with E-state index in [-0.39, 0.29) is 5.69 Å². The van der Waals surface area contributed by atoms with Gasteiger partial charge in [-0.1, -0.05) is 13.3 Å². The molecule has 110 valence electrons. The van der Waals surface area contributed by atoms with Gasteiger partial charge in [-0.3, -0.25) is 4.79 Å². The molecule has 1 saturated heterocycles. The van der Waals surface area contributed by atoms with E-state index in [1.54, 1.807) is 0 Å². The van der Waals surface area contributed by atoms with E-state index >= 15 is 0 Å². The molecule has 20 heavy (non-hydrogen) atoms. The zero-order chi connectivity index (χ0) is 14.7. The topological polar surface area (TPSA) is 41.1 Å². The smallest absolute Gasteiger partial charge is 0.241 e. The summed E-state index contributed by atoms with van der Waals surface area (Å²) < 4.78 is 39.3. The molecule has 2 atom stereocenters. The molecule has 1 aliphatic rings. The predicted molar refractivity (Wildman–Crippen MR) is 69.8 cm³/mol. The standard InChI is InChI=1S/C14H17F3N2O/c1-2-8-3-4-18-13(5-8)14(20)19-12-7-10(16)9(15)6-11(12)17/h6-8,13,18H,2-5H2,1H3,(H,19,20). The van der Waals surface area contributed by atoms with Crippen LogP contribution in [0.3, 0.4) is 0 Å². The van der Waals surface area contributed by atoms with Crippen LogP contribution in [0.1, 0.15) is 26.2 Å². The van der Waals surface area contributed by atoms with Gasteiger partial charge in [-0.2, -0.15) is 0 Å². The molecular weight excluding hydrogens is 269 g/mol. The molecule has 0 bridgehead atoms. The number of benzene rings is 1. The first-order valence-corrected chi connectivity index (χ1v) is 6.70. The normalized spacial score (nSPS) is 22.6. The number of hydrogen-bond acceptors (Lipinski definition) is 2. The van der Waals surface area contributed by atoms with Gasteiger partial charge < -0.3 is 10.6 Å². The summed E-state index contributed by atoms with van der Waals surface area (Å²) in [6.45, 7) is 2.77. The van der Waals surface area contributed by atoms with Crippen LogP contribution >= 0.6 is 0 Å². The van der Waals surface area contributed by atoms with E-state index in [0.29, 0.717) is 24.5 Å². The number of rotatable bonds is 3. The average Bonchev–Trinajstić information content (AvgIpc) is 2.44. The number of carbonyl (C=O) groups is 1.